The first-order chi connectivity index (χ1) is 18.8. The van der Waals surface area contributed by atoms with E-state index >= 15 is 13.2 Å². The van der Waals surface area contributed by atoms with Gasteiger partial charge in [0.25, 0.3) is 0 Å². The summed E-state index contributed by atoms with van der Waals surface area (Å²) in [5, 5.41) is 9.00. The molecule has 3 aromatic rings. The van der Waals surface area contributed by atoms with Crippen LogP contribution in [-0.4, -0.2) is 0 Å². The highest BCUT2D eigenvalue weighted by molar-refractivity contribution is 5.41. The molecule has 1 unspecified atom stereocenters. The van der Waals surface area contributed by atoms with E-state index in [1.165, 1.54) is 12.1 Å². The SMILES string of the molecule is CCc1cc(F)c(CCC2CCc3c(F)c(C4CCC(c5ccc(C#N)cc5)CC4)c(F)c(F)c3C2)c(F)c1. The Morgan fingerprint density at radius 3 is 2.05 bits per heavy atom. The van der Waals surface area contributed by atoms with Crippen molar-refractivity contribution >= 4 is 0 Å². The lowest BCUT2D eigenvalue weighted by molar-refractivity contribution is 0.353. The molecular weight excluding hydrogens is 505 g/mol. The zero-order valence-electron chi connectivity index (χ0n) is 22.1. The van der Waals surface area contributed by atoms with Crippen molar-refractivity contribution in [2.24, 2.45) is 5.92 Å². The van der Waals surface area contributed by atoms with Crippen LogP contribution < -0.4 is 0 Å². The standard InChI is InChI=1S/C33H32F5N/c1-2-19-16-28(34)26(29(35)17-19)14-6-20-5-13-25-27(15-20)32(37)33(38)30(31(25)36)24-11-9-23(10-12-24)22-7-3-21(18-39)4-8-22/h3-4,7-8,16-17,20,23-24H,2,5-6,9-15H2,1H3. The highest BCUT2D eigenvalue weighted by atomic mass is 19.2. The third kappa shape index (κ3) is 5.46. The van der Waals surface area contributed by atoms with Crippen LogP contribution in [0.3, 0.4) is 0 Å². The molecule has 0 amide bonds. The van der Waals surface area contributed by atoms with Gasteiger partial charge in [-0.25, -0.2) is 22.0 Å². The Hall–Kier alpha value is -3.20. The van der Waals surface area contributed by atoms with Crippen LogP contribution in [0.15, 0.2) is 36.4 Å². The van der Waals surface area contributed by atoms with Crippen LogP contribution >= 0.6 is 0 Å². The quantitative estimate of drug-likeness (QED) is 0.227. The van der Waals surface area contributed by atoms with Gasteiger partial charge < -0.3 is 0 Å². The van der Waals surface area contributed by atoms with Crippen molar-refractivity contribution in [1.82, 2.24) is 0 Å². The van der Waals surface area contributed by atoms with Gasteiger partial charge in [-0.2, -0.15) is 5.26 Å². The van der Waals surface area contributed by atoms with Gasteiger partial charge >= 0.3 is 0 Å². The summed E-state index contributed by atoms with van der Waals surface area (Å²) in [4.78, 5) is 0. The highest BCUT2D eigenvalue weighted by Crippen LogP contribution is 2.45. The lowest BCUT2D eigenvalue weighted by Gasteiger charge is -2.32. The molecular formula is C33H32F5N. The largest absolute Gasteiger partial charge is 0.207 e. The van der Waals surface area contributed by atoms with Crippen LogP contribution in [0, 0.1) is 46.3 Å². The maximum atomic E-state index is 15.7. The molecule has 6 heteroatoms. The van der Waals surface area contributed by atoms with E-state index in [9.17, 15) is 8.78 Å². The molecule has 0 bridgehead atoms. The molecule has 5 rings (SSSR count). The van der Waals surface area contributed by atoms with Gasteiger partial charge in [-0.15, -0.1) is 0 Å². The molecule has 1 nitrogen and oxygen atoms in total. The average Bonchev–Trinajstić information content (AvgIpc) is 2.96. The maximum absolute atomic E-state index is 15.7. The van der Waals surface area contributed by atoms with E-state index in [1.54, 1.807) is 12.1 Å². The van der Waals surface area contributed by atoms with E-state index in [-0.39, 0.29) is 59.3 Å². The van der Waals surface area contributed by atoms with Crippen molar-refractivity contribution in [1.29, 1.82) is 5.26 Å². The summed E-state index contributed by atoms with van der Waals surface area (Å²) < 4.78 is 75.2. The molecule has 0 heterocycles. The number of rotatable bonds is 6. The van der Waals surface area contributed by atoms with Gasteiger partial charge in [-0.3, -0.25) is 0 Å². The van der Waals surface area contributed by atoms with Gasteiger partial charge in [0.2, 0.25) is 0 Å². The van der Waals surface area contributed by atoms with E-state index in [0.717, 1.165) is 18.4 Å². The molecule has 1 atom stereocenters. The minimum Gasteiger partial charge on any atom is -0.207 e. The molecule has 0 aromatic heterocycles. The summed E-state index contributed by atoms with van der Waals surface area (Å²) in [5.74, 6) is -4.06. The van der Waals surface area contributed by atoms with Crippen LogP contribution in [0.4, 0.5) is 22.0 Å². The smallest absolute Gasteiger partial charge is 0.165 e. The molecule has 0 radical (unpaired) electrons. The maximum Gasteiger partial charge on any atom is 0.165 e. The van der Waals surface area contributed by atoms with E-state index < -0.39 is 29.1 Å². The van der Waals surface area contributed by atoms with Crippen molar-refractivity contribution in [3.8, 4) is 6.07 Å². The molecule has 3 aromatic carbocycles. The molecule has 0 saturated heterocycles. The fourth-order valence-corrected chi connectivity index (χ4v) is 6.58. The van der Waals surface area contributed by atoms with Crippen molar-refractivity contribution in [3.63, 3.8) is 0 Å². The second kappa shape index (κ2) is 11.5. The molecule has 39 heavy (non-hydrogen) atoms. The fourth-order valence-electron chi connectivity index (χ4n) is 6.58. The van der Waals surface area contributed by atoms with Crippen molar-refractivity contribution in [2.75, 3.05) is 0 Å². The van der Waals surface area contributed by atoms with Crippen molar-refractivity contribution in [2.45, 2.75) is 83.0 Å². The van der Waals surface area contributed by atoms with Crippen LogP contribution in [0.5, 0.6) is 0 Å². The first-order valence-corrected chi connectivity index (χ1v) is 14.0. The number of hydrogen-bond acceptors (Lipinski definition) is 1. The normalized spacial score (nSPS) is 20.9. The van der Waals surface area contributed by atoms with Crippen LogP contribution in [-0.2, 0) is 25.7 Å². The van der Waals surface area contributed by atoms with Gasteiger partial charge in [0.1, 0.15) is 17.5 Å². The van der Waals surface area contributed by atoms with Gasteiger partial charge in [0.15, 0.2) is 11.6 Å². The van der Waals surface area contributed by atoms with Crippen LogP contribution in [0.25, 0.3) is 0 Å². The lowest BCUT2D eigenvalue weighted by Crippen LogP contribution is -2.23. The van der Waals surface area contributed by atoms with E-state index in [1.807, 2.05) is 19.1 Å². The topological polar surface area (TPSA) is 23.8 Å². The second-order valence-electron chi connectivity index (χ2n) is 11.1. The van der Waals surface area contributed by atoms with E-state index in [4.69, 9.17) is 5.26 Å². The molecule has 204 valence electrons. The Kier molecular flexibility index (Phi) is 8.07. The zero-order valence-corrected chi connectivity index (χ0v) is 22.1. The summed E-state index contributed by atoms with van der Waals surface area (Å²) in [6, 6.07) is 12.2. The minimum atomic E-state index is -1.08. The molecule has 1 saturated carbocycles. The van der Waals surface area contributed by atoms with Crippen molar-refractivity contribution < 1.29 is 22.0 Å². The minimum absolute atomic E-state index is 0.0165. The predicted octanol–water partition coefficient (Wildman–Crippen LogP) is 9.00. The van der Waals surface area contributed by atoms with Crippen molar-refractivity contribution in [3.05, 3.63) is 104 Å². The third-order valence-corrected chi connectivity index (χ3v) is 8.91. The first kappa shape index (κ1) is 27.4. The number of aryl methyl sites for hydroxylation is 1. The fraction of sp³-hybridized carbons (Fsp3) is 0.424. The summed E-state index contributed by atoms with van der Waals surface area (Å²) >= 11 is 0. The number of nitrogens with zero attached hydrogens (tertiary/aromatic N) is 1. The Bertz CT molecular complexity index is 1370. The van der Waals surface area contributed by atoms with Gasteiger partial charge in [-0.1, -0.05) is 19.1 Å². The Morgan fingerprint density at radius 2 is 1.44 bits per heavy atom. The van der Waals surface area contributed by atoms with Crippen LogP contribution in [0.2, 0.25) is 0 Å². The number of nitriles is 1. The summed E-state index contributed by atoms with van der Waals surface area (Å²) in [6.07, 6.45) is 4.73. The van der Waals surface area contributed by atoms with E-state index in [0.29, 0.717) is 43.2 Å². The highest BCUT2D eigenvalue weighted by Gasteiger charge is 2.34. The molecule has 0 aliphatic heterocycles. The zero-order chi connectivity index (χ0) is 27.7. The summed E-state index contributed by atoms with van der Waals surface area (Å²) in [7, 11) is 0. The van der Waals surface area contributed by atoms with Gasteiger partial charge in [-0.05, 0) is 128 Å². The Labute approximate surface area is 226 Å². The number of hydrogen-bond donors (Lipinski definition) is 0. The van der Waals surface area contributed by atoms with Gasteiger partial charge in [0.05, 0.1) is 11.6 Å². The Balaban J connectivity index is 1.28. The molecule has 1 fully saturated rings. The molecule has 2 aliphatic carbocycles. The summed E-state index contributed by atoms with van der Waals surface area (Å²) in [5.41, 5.74) is 2.53. The van der Waals surface area contributed by atoms with Gasteiger partial charge in [0, 0.05) is 11.1 Å². The number of fused-ring (bicyclic) bond motifs is 1. The average molecular weight is 538 g/mol. The predicted molar refractivity (Wildman–Crippen MR) is 141 cm³/mol. The molecule has 0 N–H and O–H groups in total. The molecule has 0 spiro atoms. The number of benzene rings is 3. The lowest BCUT2D eigenvalue weighted by atomic mass is 9.73. The monoisotopic (exact) mass is 537 g/mol. The third-order valence-electron chi connectivity index (χ3n) is 8.91. The first-order valence-electron chi connectivity index (χ1n) is 14.0. The summed E-state index contributed by atoms with van der Waals surface area (Å²) in [6.45, 7) is 1.83. The Morgan fingerprint density at radius 1 is 0.795 bits per heavy atom. The number of halogens is 5. The second-order valence-corrected chi connectivity index (χ2v) is 11.1. The van der Waals surface area contributed by atoms with Crippen LogP contribution in [0.1, 0.15) is 96.2 Å². The van der Waals surface area contributed by atoms with E-state index in [2.05, 4.69) is 6.07 Å². The molecule has 2 aliphatic rings.